The number of hydrogen-bond acceptors (Lipinski definition) is 5. The van der Waals surface area contributed by atoms with E-state index in [4.69, 9.17) is 4.74 Å². The van der Waals surface area contributed by atoms with Gasteiger partial charge in [-0.15, -0.1) is 10.2 Å². The monoisotopic (exact) mass is 280 g/mol. The molecule has 0 N–H and O–H groups in total. The van der Waals surface area contributed by atoms with Crippen molar-refractivity contribution in [3.63, 3.8) is 0 Å². The van der Waals surface area contributed by atoms with Crippen molar-refractivity contribution in [3.8, 4) is 5.75 Å². The summed E-state index contributed by atoms with van der Waals surface area (Å²) < 4.78 is 6.79. The standard InChI is InChI=1S/C13H16N2OS2/c1-9-4-5-10(2)12(8-9)16-6-7-17-13-15-14-11(3)18-13/h4-5,8H,6-7H2,1-3H3. The van der Waals surface area contributed by atoms with Crippen LogP contribution >= 0.6 is 23.1 Å². The first kappa shape index (κ1) is 13.4. The van der Waals surface area contributed by atoms with E-state index >= 15 is 0 Å². The van der Waals surface area contributed by atoms with Crippen LogP contribution < -0.4 is 4.74 Å². The van der Waals surface area contributed by atoms with Crippen LogP contribution in [0, 0.1) is 20.8 Å². The number of hydrogen-bond donors (Lipinski definition) is 0. The van der Waals surface area contributed by atoms with Gasteiger partial charge in [-0.05, 0) is 38.0 Å². The molecular weight excluding hydrogens is 264 g/mol. The maximum atomic E-state index is 5.78. The van der Waals surface area contributed by atoms with E-state index < -0.39 is 0 Å². The second kappa shape index (κ2) is 6.20. The predicted octanol–water partition coefficient (Wildman–Crippen LogP) is 3.63. The minimum atomic E-state index is 0.688. The molecule has 0 fully saturated rings. The Labute approximate surface area is 116 Å². The average Bonchev–Trinajstić information content (AvgIpc) is 2.75. The molecule has 0 atom stereocenters. The second-order valence-corrected chi connectivity index (χ2v) is 6.58. The van der Waals surface area contributed by atoms with Crippen molar-refractivity contribution in [2.45, 2.75) is 25.1 Å². The van der Waals surface area contributed by atoms with E-state index in [2.05, 4.69) is 42.2 Å². The van der Waals surface area contributed by atoms with Crippen LogP contribution in [0.25, 0.3) is 0 Å². The average molecular weight is 280 g/mol. The van der Waals surface area contributed by atoms with Crippen LogP contribution in [0.5, 0.6) is 5.75 Å². The first-order valence-corrected chi connectivity index (χ1v) is 7.58. The maximum Gasteiger partial charge on any atom is 0.174 e. The van der Waals surface area contributed by atoms with Gasteiger partial charge in [0.15, 0.2) is 4.34 Å². The Hall–Kier alpha value is -1.07. The molecule has 1 heterocycles. The molecule has 0 saturated heterocycles. The molecule has 0 spiro atoms. The fraction of sp³-hybridized carbons (Fsp3) is 0.385. The van der Waals surface area contributed by atoms with Crippen LogP contribution in [0.15, 0.2) is 22.5 Å². The molecule has 0 radical (unpaired) electrons. The van der Waals surface area contributed by atoms with E-state index in [9.17, 15) is 0 Å². The fourth-order valence-electron chi connectivity index (χ4n) is 1.48. The van der Waals surface area contributed by atoms with Gasteiger partial charge in [-0.25, -0.2) is 0 Å². The lowest BCUT2D eigenvalue weighted by molar-refractivity contribution is 0.341. The third-order valence-corrected chi connectivity index (χ3v) is 4.35. The number of rotatable bonds is 5. The highest BCUT2D eigenvalue weighted by atomic mass is 32.2. The summed E-state index contributed by atoms with van der Waals surface area (Å²) in [6.45, 7) is 6.79. The summed E-state index contributed by atoms with van der Waals surface area (Å²) in [5, 5.41) is 9.06. The quantitative estimate of drug-likeness (QED) is 0.619. The van der Waals surface area contributed by atoms with Crippen molar-refractivity contribution < 1.29 is 4.74 Å². The minimum absolute atomic E-state index is 0.688. The summed E-state index contributed by atoms with van der Waals surface area (Å²) in [7, 11) is 0. The highest BCUT2D eigenvalue weighted by Gasteiger charge is 2.03. The van der Waals surface area contributed by atoms with E-state index in [0.29, 0.717) is 6.61 Å². The summed E-state index contributed by atoms with van der Waals surface area (Å²) in [6.07, 6.45) is 0. The van der Waals surface area contributed by atoms with Gasteiger partial charge in [-0.1, -0.05) is 35.2 Å². The molecule has 0 unspecified atom stereocenters. The predicted molar refractivity (Wildman–Crippen MR) is 76.8 cm³/mol. The minimum Gasteiger partial charge on any atom is -0.492 e. The summed E-state index contributed by atoms with van der Waals surface area (Å²) >= 11 is 3.32. The molecule has 1 aromatic carbocycles. The second-order valence-electron chi connectivity index (χ2n) is 4.05. The van der Waals surface area contributed by atoms with Gasteiger partial charge in [-0.2, -0.15) is 0 Å². The van der Waals surface area contributed by atoms with E-state index in [-0.39, 0.29) is 0 Å². The molecular formula is C13H16N2OS2. The van der Waals surface area contributed by atoms with Crippen LogP contribution in [0.1, 0.15) is 16.1 Å². The first-order valence-electron chi connectivity index (χ1n) is 5.78. The fourth-order valence-corrected chi connectivity index (χ4v) is 3.18. The number of aryl methyl sites for hydroxylation is 3. The molecule has 0 aliphatic carbocycles. The van der Waals surface area contributed by atoms with Crippen molar-refractivity contribution in [1.29, 1.82) is 0 Å². The van der Waals surface area contributed by atoms with Crippen molar-refractivity contribution in [3.05, 3.63) is 34.3 Å². The Balaban J connectivity index is 1.80. The molecule has 0 aliphatic rings. The molecule has 1 aromatic heterocycles. The van der Waals surface area contributed by atoms with Gasteiger partial charge in [0.05, 0.1) is 6.61 Å². The van der Waals surface area contributed by atoms with Crippen molar-refractivity contribution in [2.75, 3.05) is 12.4 Å². The zero-order valence-electron chi connectivity index (χ0n) is 10.8. The number of nitrogens with zero attached hydrogens (tertiary/aromatic N) is 2. The van der Waals surface area contributed by atoms with E-state index in [0.717, 1.165) is 20.8 Å². The molecule has 0 saturated carbocycles. The van der Waals surface area contributed by atoms with Crippen LogP contribution in [0.2, 0.25) is 0 Å². The van der Waals surface area contributed by atoms with Gasteiger partial charge in [0, 0.05) is 5.75 Å². The molecule has 18 heavy (non-hydrogen) atoms. The molecule has 5 heteroatoms. The zero-order chi connectivity index (χ0) is 13.0. The van der Waals surface area contributed by atoms with Gasteiger partial charge >= 0.3 is 0 Å². The lowest BCUT2D eigenvalue weighted by atomic mass is 10.1. The molecule has 0 aliphatic heterocycles. The topological polar surface area (TPSA) is 35.0 Å². The summed E-state index contributed by atoms with van der Waals surface area (Å²) in [5.74, 6) is 1.87. The van der Waals surface area contributed by atoms with Gasteiger partial charge in [-0.3, -0.25) is 0 Å². The SMILES string of the molecule is Cc1ccc(C)c(OCCSc2nnc(C)s2)c1. The van der Waals surface area contributed by atoms with Crippen LogP contribution in [-0.4, -0.2) is 22.6 Å². The highest BCUT2D eigenvalue weighted by Crippen LogP contribution is 2.23. The van der Waals surface area contributed by atoms with Gasteiger partial charge in [0.25, 0.3) is 0 Å². The third kappa shape index (κ3) is 3.71. The van der Waals surface area contributed by atoms with Crippen molar-refractivity contribution >= 4 is 23.1 Å². The highest BCUT2D eigenvalue weighted by molar-refractivity contribution is 8.01. The molecule has 2 aromatic rings. The number of ether oxygens (including phenoxy) is 1. The first-order chi connectivity index (χ1) is 8.65. The molecule has 3 nitrogen and oxygen atoms in total. The molecule has 0 amide bonds. The normalized spacial score (nSPS) is 10.6. The molecule has 0 bridgehead atoms. The van der Waals surface area contributed by atoms with Crippen LogP contribution in [-0.2, 0) is 0 Å². The largest absolute Gasteiger partial charge is 0.492 e. The Kier molecular flexibility index (Phi) is 4.60. The van der Waals surface area contributed by atoms with Crippen LogP contribution in [0.4, 0.5) is 0 Å². The Morgan fingerprint density at radius 1 is 1.22 bits per heavy atom. The molecule has 96 valence electrons. The smallest absolute Gasteiger partial charge is 0.174 e. The Bertz CT molecular complexity index is 525. The number of benzene rings is 1. The van der Waals surface area contributed by atoms with Gasteiger partial charge in [0.2, 0.25) is 0 Å². The third-order valence-electron chi connectivity index (χ3n) is 2.42. The zero-order valence-corrected chi connectivity index (χ0v) is 12.4. The van der Waals surface area contributed by atoms with Crippen LogP contribution in [0.3, 0.4) is 0 Å². The molecule has 2 rings (SSSR count). The Morgan fingerprint density at radius 3 is 2.78 bits per heavy atom. The number of aromatic nitrogens is 2. The van der Waals surface area contributed by atoms with E-state index in [1.165, 1.54) is 11.1 Å². The van der Waals surface area contributed by atoms with E-state index in [1.807, 2.05) is 6.92 Å². The Morgan fingerprint density at radius 2 is 2.06 bits per heavy atom. The lowest BCUT2D eigenvalue weighted by Crippen LogP contribution is -2.01. The van der Waals surface area contributed by atoms with Gasteiger partial charge < -0.3 is 4.74 Å². The maximum absolute atomic E-state index is 5.78. The summed E-state index contributed by atoms with van der Waals surface area (Å²) in [4.78, 5) is 0. The van der Waals surface area contributed by atoms with Crippen molar-refractivity contribution in [1.82, 2.24) is 10.2 Å². The van der Waals surface area contributed by atoms with Crippen molar-refractivity contribution in [2.24, 2.45) is 0 Å². The number of thioether (sulfide) groups is 1. The van der Waals surface area contributed by atoms with Gasteiger partial charge in [0.1, 0.15) is 10.8 Å². The lowest BCUT2D eigenvalue weighted by Gasteiger charge is -2.09. The summed E-state index contributed by atoms with van der Waals surface area (Å²) in [6, 6.07) is 6.27. The van der Waals surface area contributed by atoms with E-state index in [1.54, 1.807) is 23.1 Å². The summed E-state index contributed by atoms with van der Waals surface area (Å²) in [5.41, 5.74) is 2.40.